The van der Waals surface area contributed by atoms with Gasteiger partial charge in [0.15, 0.2) is 0 Å². The number of aromatic nitrogens is 3. The molecule has 3 heterocycles. The molecular weight excluding hydrogens is 389 g/mol. The molecule has 3 aromatic rings. The maximum Gasteiger partial charge on any atom is 0.433 e. The molecule has 0 unspecified atom stereocenters. The van der Waals surface area contributed by atoms with Crippen molar-refractivity contribution < 1.29 is 21.6 Å². The Bertz CT molecular complexity index is 1040. The van der Waals surface area contributed by atoms with Crippen molar-refractivity contribution in [3.05, 3.63) is 47.8 Å². The average Bonchev–Trinajstić information content (AvgIpc) is 3.15. The fourth-order valence-corrected chi connectivity index (χ4v) is 4.44. The molecule has 11 heteroatoms. The Morgan fingerprint density at radius 2 is 1.92 bits per heavy atom. The lowest BCUT2D eigenvalue weighted by atomic mass is 10.3. The first-order valence-electron chi connectivity index (χ1n) is 7.23. The summed E-state index contributed by atoms with van der Waals surface area (Å²) >= 11 is 0.827. The Hall–Kier alpha value is -2.40. The van der Waals surface area contributed by atoms with Crippen molar-refractivity contribution in [2.45, 2.75) is 17.3 Å². The van der Waals surface area contributed by atoms with Crippen molar-refractivity contribution >= 4 is 27.2 Å². The van der Waals surface area contributed by atoms with Gasteiger partial charge < -0.3 is 0 Å². The number of hydrogen-bond acceptors (Lipinski definition) is 5. The second kappa shape index (κ2) is 6.40. The lowest BCUT2D eigenvalue weighted by Crippen LogP contribution is -2.12. The van der Waals surface area contributed by atoms with Crippen LogP contribution in [0.25, 0.3) is 10.6 Å². The van der Waals surface area contributed by atoms with E-state index < -0.39 is 21.9 Å². The Morgan fingerprint density at radius 3 is 2.50 bits per heavy atom. The molecule has 0 aliphatic rings. The van der Waals surface area contributed by atoms with Crippen LogP contribution in [0.3, 0.4) is 0 Å². The van der Waals surface area contributed by atoms with Crippen LogP contribution in [0.1, 0.15) is 11.3 Å². The van der Waals surface area contributed by atoms with Crippen molar-refractivity contribution in [3.8, 4) is 10.6 Å². The number of nitrogens with zero attached hydrogens (tertiary/aromatic N) is 3. The summed E-state index contributed by atoms with van der Waals surface area (Å²) in [6.45, 7) is 1.82. The van der Waals surface area contributed by atoms with E-state index in [1.54, 1.807) is 6.07 Å². The largest absolute Gasteiger partial charge is 0.433 e. The summed E-state index contributed by atoms with van der Waals surface area (Å²) in [7, 11) is -2.71. The molecule has 0 aliphatic heterocycles. The van der Waals surface area contributed by atoms with Gasteiger partial charge in [0.25, 0.3) is 10.0 Å². The number of thiophene rings is 1. The summed E-state index contributed by atoms with van der Waals surface area (Å²) in [5, 5.41) is 3.82. The zero-order valence-electron chi connectivity index (χ0n) is 13.6. The maximum atomic E-state index is 12.9. The van der Waals surface area contributed by atoms with Gasteiger partial charge in [0.2, 0.25) is 0 Å². The second-order valence-corrected chi connectivity index (χ2v) is 8.47. The Labute approximate surface area is 151 Å². The summed E-state index contributed by atoms with van der Waals surface area (Å²) in [6, 6.07) is 6.85. The van der Waals surface area contributed by atoms with Gasteiger partial charge >= 0.3 is 6.18 Å². The number of halogens is 3. The summed E-state index contributed by atoms with van der Waals surface area (Å²) < 4.78 is 66.5. The predicted molar refractivity (Wildman–Crippen MR) is 91.3 cm³/mol. The minimum absolute atomic E-state index is 0.0471. The zero-order chi connectivity index (χ0) is 19.1. The normalized spacial score (nSPS) is 12.3. The van der Waals surface area contributed by atoms with E-state index in [0.29, 0.717) is 4.88 Å². The van der Waals surface area contributed by atoms with Gasteiger partial charge in [-0.15, -0.1) is 11.3 Å². The minimum atomic E-state index is -4.54. The van der Waals surface area contributed by atoms with E-state index in [9.17, 15) is 21.6 Å². The van der Waals surface area contributed by atoms with Crippen LogP contribution in [-0.2, 0) is 23.2 Å². The van der Waals surface area contributed by atoms with Crippen LogP contribution in [0.15, 0.2) is 40.7 Å². The number of anilines is 1. The molecule has 0 aliphatic carbocycles. The van der Waals surface area contributed by atoms with E-state index in [1.807, 2.05) is 6.92 Å². The number of rotatable bonds is 4. The summed E-state index contributed by atoms with van der Waals surface area (Å²) in [6.07, 6.45) is -3.02. The molecule has 138 valence electrons. The highest BCUT2D eigenvalue weighted by Crippen LogP contribution is 2.35. The van der Waals surface area contributed by atoms with Gasteiger partial charge in [-0.3, -0.25) is 9.40 Å². The molecule has 3 rings (SSSR count). The highest BCUT2D eigenvalue weighted by atomic mass is 32.2. The molecule has 0 saturated carbocycles. The summed E-state index contributed by atoms with van der Waals surface area (Å²) in [5.74, 6) is 0.155. The molecule has 6 nitrogen and oxygen atoms in total. The van der Waals surface area contributed by atoms with Gasteiger partial charge in [0.05, 0.1) is 4.88 Å². The van der Waals surface area contributed by atoms with Crippen LogP contribution in [0, 0.1) is 6.92 Å². The molecule has 0 bridgehead atoms. The van der Waals surface area contributed by atoms with E-state index >= 15 is 0 Å². The maximum absolute atomic E-state index is 12.9. The van der Waals surface area contributed by atoms with E-state index in [-0.39, 0.29) is 15.7 Å². The molecule has 0 aromatic carbocycles. The Kier molecular flexibility index (Phi) is 4.53. The lowest BCUT2D eigenvalue weighted by molar-refractivity contribution is -0.143. The van der Waals surface area contributed by atoms with Crippen LogP contribution < -0.4 is 4.72 Å². The standard InChI is InChI=1S/C15H13F3N4O2S2/c1-9-3-5-13(19-8-9)21-26(23,24)14-6-4-11(25-14)10-7-12(15(16,17)18)22(2)20-10/h3-8H,1-2H3,(H,19,21). The number of alkyl halides is 3. The lowest BCUT2D eigenvalue weighted by Gasteiger charge is -2.05. The second-order valence-electron chi connectivity index (χ2n) is 5.48. The Morgan fingerprint density at radius 1 is 1.19 bits per heavy atom. The van der Waals surface area contributed by atoms with E-state index in [0.717, 1.165) is 27.6 Å². The van der Waals surface area contributed by atoms with Crippen molar-refractivity contribution in [1.29, 1.82) is 0 Å². The zero-order valence-corrected chi connectivity index (χ0v) is 15.2. The van der Waals surface area contributed by atoms with Crippen LogP contribution >= 0.6 is 11.3 Å². The third-order valence-corrected chi connectivity index (χ3v) is 6.37. The number of pyridine rings is 1. The first-order chi connectivity index (χ1) is 12.1. The molecule has 0 saturated heterocycles. The number of hydrogen-bond donors (Lipinski definition) is 1. The molecule has 3 aromatic heterocycles. The predicted octanol–water partition coefficient (Wildman–Crippen LogP) is 3.67. The molecule has 0 amide bonds. The van der Waals surface area contributed by atoms with Crippen LogP contribution in [0.4, 0.5) is 19.0 Å². The van der Waals surface area contributed by atoms with Crippen LogP contribution in [-0.4, -0.2) is 23.2 Å². The topological polar surface area (TPSA) is 76.9 Å². The molecule has 0 atom stereocenters. The van der Waals surface area contributed by atoms with Gasteiger partial charge in [-0.2, -0.15) is 18.3 Å². The smallest absolute Gasteiger partial charge is 0.263 e. The third-order valence-electron chi connectivity index (χ3n) is 3.42. The molecule has 0 spiro atoms. The molecule has 26 heavy (non-hydrogen) atoms. The summed E-state index contributed by atoms with van der Waals surface area (Å²) in [5.41, 5.74) is 0.0222. The number of nitrogens with one attached hydrogen (secondary N) is 1. The van der Waals surface area contributed by atoms with E-state index in [2.05, 4.69) is 14.8 Å². The van der Waals surface area contributed by atoms with E-state index in [1.165, 1.54) is 31.4 Å². The van der Waals surface area contributed by atoms with Gasteiger partial charge in [-0.25, -0.2) is 13.4 Å². The number of aryl methyl sites for hydroxylation is 2. The molecule has 0 radical (unpaired) electrons. The highest BCUT2D eigenvalue weighted by molar-refractivity contribution is 7.94. The molecule has 0 fully saturated rings. The van der Waals surface area contributed by atoms with Crippen molar-refractivity contribution in [3.63, 3.8) is 0 Å². The molecular formula is C15H13F3N4O2S2. The fraction of sp³-hybridized carbons (Fsp3) is 0.200. The van der Waals surface area contributed by atoms with Gasteiger partial charge in [0.1, 0.15) is 21.4 Å². The van der Waals surface area contributed by atoms with Crippen LogP contribution in [0.2, 0.25) is 0 Å². The van der Waals surface area contributed by atoms with Gasteiger partial charge in [-0.05, 0) is 36.8 Å². The first-order valence-corrected chi connectivity index (χ1v) is 9.53. The monoisotopic (exact) mass is 402 g/mol. The quantitative estimate of drug-likeness (QED) is 0.722. The van der Waals surface area contributed by atoms with Crippen molar-refractivity contribution in [1.82, 2.24) is 14.8 Å². The fourth-order valence-electron chi connectivity index (χ4n) is 2.17. The number of sulfonamides is 1. The average molecular weight is 402 g/mol. The highest BCUT2D eigenvalue weighted by Gasteiger charge is 2.35. The van der Waals surface area contributed by atoms with E-state index in [4.69, 9.17) is 0 Å². The SMILES string of the molecule is Cc1ccc(NS(=O)(=O)c2ccc(-c3cc(C(F)(F)F)n(C)n3)s2)nc1. The van der Waals surface area contributed by atoms with Crippen molar-refractivity contribution in [2.75, 3.05) is 4.72 Å². The third kappa shape index (κ3) is 3.73. The van der Waals surface area contributed by atoms with Crippen LogP contribution in [0.5, 0.6) is 0 Å². The molecule has 1 N–H and O–H groups in total. The Balaban J connectivity index is 1.88. The minimum Gasteiger partial charge on any atom is -0.263 e. The van der Waals surface area contributed by atoms with Gasteiger partial charge in [-0.1, -0.05) is 6.07 Å². The summed E-state index contributed by atoms with van der Waals surface area (Å²) in [4.78, 5) is 4.28. The first kappa shape index (κ1) is 18.4. The van der Waals surface area contributed by atoms with Gasteiger partial charge in [0, 0.05) is 13.2 Å². The van der Waals surface area contributed by atoms with Crippen molar-refractivity contribution in [2.24, 2.45) is 7.05 Å².